The van der Waals surface area contributed by atoms with Crippen molar-refractivity contribution in [3.05, 3.63) is 40.3 Å². The third kappa shape index (κ3) is 4.83. The molecule has 1 heterocycles. The summed E-state index contributed by atoms with van der Waals surface area (Å²) in [6.07, 6.45) is 3.57. The maximum Gasteiger partial charge on any atom is 0.343 e. The van der Waals surface area contributed by atoms with Crippen molar-refractivity contribution >= 4 is 46.3 Å². The number of rotatable bonds is 6. The van der Waals surface area contributed by atoms with Crippen LogP contribution in [0.1, 0.15) is 12.5 Å². The summed E-state index contributed by atoms with van der Waals surface area (Å²) in [6, 6.07) is 5.35. The number of carbonyl (C=O) groups excluding carboxylic acids is 2. The molecule has 0 bridgehead atoms. The van der Waals surface area contributed by atoms with E-state index in [9.17, 15) is 9.59 Å². The number of carbonyl (C=O) groups is 2. The first-order valence-electron chi connectivity index (χ1n) is 7.25. The quantitative estimate of drug-likeness (QED) is 0.463. The average Bonchev–Trinajstić information content (AvgIpc) is 2.95. The maximum absolute atomic E-state index is 11.8. The predicted molar refractivity (Wildman–Crippen MR) is 101 cm³/mol. The predicted octanol–water partition coefficient (Wildman–Crippen LogP) is 2.68. The molecule has 8 heteroatoms. The zero-order valence-electron chi connectivity index (χ0n) is 14.0. The van der Waals surface area contributed by atoms with Gasteiger partial charge in [-0.05, 0) is 18.6 Å². The number of amides is 1. The van der Waals surface area contributed by atoms with Crippen molar-refractivity contribution in [3.63, 3.8) is 0 Å². The van der Waals surface area contributed by atoms with Crippen LogP contribution in [0.2, 0.25) is 0 Å². The summed E-state index contributed by atoms with van der Waals surface area (Å²) in [6.45, 7) is 1.59. The van der Waals surface area contributed by atoms with E-state index in [0.29, 0.717) is 26.3 Å². The number of hydrogen-bond donors (Lipinski definition) is 1. The Bertz CT molecular complexity index is 770. The van der Waals surface area contributed by atoms with Crippen molar-refractivity contribution in [2.45, 2.75) is 6.92 Å². The highest BCUT2D eigenvalue weighted by Crippen LogP contribution is 2.33. The van der Waals surface area contributed by atoms with Gasteiger partial charge in [0, 0.05) is 5.56 Å². The van der Waals surface area contributed by atoms with E-state index >= 15 is 0 Å². The lowest BCUT2D eigenvalue weighted by molar-refractivity contribution is -0.142. The standard InChI is InChI=1S/C17H17NO5S2/c1-10(15-16(20)18-17(24)25-15)7-8-11-5-4-6-12(21-2)14(11)23-9-13(19)22-3/h4-8H,9H2,1-3H3,(H,18,20,24)/b8-7+,15-10+. The largest absolute Gasteiger partial charge is 0.493 e. The van der Waals surface area contributed by atoms with Crippen LogP contribution in [0.4, 0.5) is 0 Å². The van der Waals surface area contributed by atoms with Gasteiger partial charge in [-0.1, -0.05) is 48.3 Å². The van der Waals surface area contributed by atoms with Crippen molar-refractivity contribution in [1.82, 2.24) is 5.32 Å². The smallest absolute Gasteiger partial charge is 0.343 e. The third-order valence-electron chi connectivity index (χ3n) is 3.28. The normalized spacial score (nSPS) is 16.0. The van der Waals surface area contributed by atoms with Crippen LogP contribution < -0.4 is 14.8 Å². The van der Waals surface area contributed by atoms with E-state index in [4.69, 9.17) is 21.7 Å². The van der Waals surface area contributed by atoms with E-state index in [1.54, 1.807) is 24.3 Å². The summed E-state index contributed by atoms with van der Waals surface area (Å²) >= 11 is 6.21. The number of esters is 1. The van der Waals surface area contributed by atoms with Gasteiger partial charge in [-0.2, -0.15) is 0 Å². The molecule has 1 N–H and O–H groups in total. The molecule has 25 heavy (non-hydrogen) atoms. The molecule has 1 aliphatic heterocycles. The SMILES string of the molecule is COC(=O)COc1c(/C=C/C(C)=C2/SC(=S)NC2=O)cccc1OC. The number of allylic oxidation sites excluding steroid dienone is 2. The molecular formula is C17H17NO5S2. The van der Waals surface area contributed by atoms with Gasteiger partial charge in [-0.25, -0.2) is 4.79 Å². The van der Waals surface area contributed by atoms with Gasteiger partial charge in [-0.3, -0.25) is 4.79 Å². The number of benzene rings is 1. The minimum atomic E-state index is -0.494. The van der Waals surface area contributed by atoms with Gasteiger partial charge in [0.1, 0.15) is 4.32 Å². The van der Waals surface area contributed by atoms with Crippen LogP contribution in [-0.2, 0) is 14.3 Å². The molecule has 1 aliphatic rings. The van der Waals surface area contributed by atoms with E-state index in [0.717, 1.165) is 5.57 Å². The molecule has 132 valence electrons. The number of hydrogen-bond acceptors (Lipinski definition) is 7. The van der Waals surface area contributed by atoms with E-state index < -0.39 is 5.97 Å². The number of nitrogens with one attached hydrogen (secondary N) is 1. The van der Waals surface area contributed by atoms with E-state index in [2.05, 4.69) is 10.1 Å². The third-order valence-corrected chi connectivity index (χ3v) is 4.63. The molecule has 6 nitrogen and oxygen atoms in total. The Morgan fingerprint density at radius 2 is 2.12 bits per heavy atom. The second kappa shape index (κ2) is 8.68. The summed E-state index contributed by atoms with van der Waals surface area (Å²) < 4.78 is 15.8. The van der Waals surface area contributed by atoms with Crippen LogP contribution >= 0.6 is 24.0 Å². The number of thioether (sulfide) groups is 1. The van der Waals surface area contributed by atoms with Gasteiger partial charge in [0.05, 0.1) is 19.1 Å². The number of methoxy groups -OCH3 is 2. The van der Waals surface area contributed by atoms with Crippen LogP contribution in [0, 0.1) is 0 Å². The van der Waals surface area contributed by atoms with Crippen molar-refractivity contribution in [2.75, 3.05) is 20.8 Å². The Kier molecular flexibility index (Phi) is 6.60. The fraction of sp³-hybridized carbons (Fsp3) is 0.235. The second-order valence-electron chi connectivity index (χ2n) is 4.93. The minimum Gasteiger partial charge on any atom is -0.493 e. The van der Waals surface area contributed by atoms with Crippen LogP contribution in [-0.4, -0.2) is 37.0 Å². The molecule has 0 aromatic heterocycles. The van der Waals surface area contributed by atoms with Crippen molar-refractivity contribution in [3.8, 4) is 11.5 Å². The van der Waals surface area contributed by atoms with Crippen LogP contribution in [0.5, 0.6) is 11.5 Å². The first-order valence-corrected chi connectivity index (χ1v) is 8.47. The second-order valence-corrected chi connectivity index (χ2v) is 6.62. The highest BCUT2D eigenvalue weighted by molar-refractivity contribution is 8.26. The Hall–Kier alpha value is -2.32. The first kappa shape index (κ1) is 19.0. The van der Waals surface area contributed by atoms with Gasteiger partial charge in [-0.15, -0.1) is 0 Å². The molecule has 0 spiro atoms. The van der Waals surface area contributed by atoms with Gasteiger partial charge in [0.2, 0.25) is 0 Å². The fourth-order valence-corrected chi connectivity index (χ4v) is 3.08. The Labute approximate surface area is 155 Å². The van der Waals surface area contributed by atoms with Crippen LogP contribution in [0.3, 0.4) is 0 Å². The van der Waals surface area contributed by atoms with Gasteiger partial charge in [0.15, 0.2) is 18.1 Å². The molecule has 0 aliphatic carbocycles. The van der Waals surface area contributed by atoms with Gasteiger partial charge >= 0.3 is 5.97 Å². The summed E-state index contributed by atoms with van der Waals surface area (Å²) in [5.74, 6) is 0.214. The highest BCUT2D eigenvalue weighted by atomic mass is 32.2. The Morgan fingerprint density at radius 3 is 2.72 bits per heavy atom. The van der Waals surface area contributed by atoms with E-state index in [1.807, 2.05) is 13.0 Å². The number of thiocarbonyl (C=S) groups is 1. The molecule has 0 radical (unpaired) electrons. The number of ether oxygens (including phenoxy) is 3. The Balaban J connectivity index is 2.29. The van der Waals surface area contributed by atoms with Crippen molar-refractivity contribution in [2.24, 2.45) is 0 Å². The van der Waals surface area contributed by atoms with Crippen molar-refractivity contribution < 1.29 is 23.8 Å². The molecule has 1 saturated heterocycles. The van der Waals surface area contributed by atoms with Gasteiger partial charge in [0.25, 0.3) is 5.91 Å². The monoisotopic (exact) mass is 379 g/mol. The van der Waals surface area contributed by atoms with E-state index in [-0.39, 0.29) is 12.5 Å². The molecule has 1 amide bonds. The van der Waals surface area contributed by atoms with Crippen LogP contribution in [0.25, 0.3) is 6.08 Å². The summed E-state index contributed by atoms with van der Waals surface area (Å²) in [5, 5.41) is 2.58. The zero-order valence-corrected chi connectivity index (χ0v) is 15.6. The zero-order chi connectivity index (χ0) is 18.4. The van der Waals surface area contributed by atoms with Crippen LogP contribution in [0.15, 0.2) is 34.8 Å². The minimum absolute atomic E-state index is 0.204. The lowest BCUT2D eigenvalue weighted by Gasteiger charge is -2.12. The highest BCUT2D eigenvalue weighted by Gasteiger charge is 2.23. The molecule has 0 atom stereocenters. The van der Waals surface area contributed by atoms with E-state index in [1.165, 1.54) is 26.0 Å². The lowest BCUT2D eigenvalue weighted by Crippen LogP contribution is -2.18. The molecule has 2 rings (SSSR count). The molecule has 0 saturated carbocycles. The molecular weight excluding hydrogens is 362 g/mol. The molecule has 1 aromatic rings. The molecule has 1 aromatic carbocycles. The summed E-state index contributed by atoms with van der Waals surface area (Å²) in [5.41, 5.74) is 1.47. The topological polar surface area (TPSA) is 73.9 Å². The molecule has 0 unspecified atom stereocenters. The average molecular weight is 379 g/mol. The fourth-order valence-electron chi connectivity index (χ4n) is 2.03. The van der Waals surface area contributed by atoms with Crippen molar-refractivity contribution in [1.29, 1.82) is 0 Å². The molecule has 1 fully saturated rings. The summed E-state index contributed by atoms with van der Waals surface area (Å²) in [7, 11) is 2.81. The Morgan fingerprint density at radius 1 is 1.36 bits per heavy atom. The number of para-hydroxylation sites is 1. The van der Waals surface area contributed by atoms with Gasteiger partial charge < -0.3 is 19.5 Å². The first-order chi connectivity index (χ1) is 12.0. The summed E-state index contributed by atoms with van der Waals surface area (Å²) in [4.78, 5) is 23.7. The lowest BCUT2D eigenvalue weighted by atomic mass is 10.1. The maximum atomic E-state index is 11.8.